The van der Waals surface area contributed by atoms with Gasteiger partial charge in [-0.05, 0) is 38.1 Å². The quantitative estimate of drug-likeness (QED) is 0.558. The number of nitrogens with two attached hydrogens (primary N) is 1. The van der Waals surface area contributed by atoms with Crippen LogP contribution in [0.25, 0.3) is 0 Å². The minimum atomic E-state index is -0.401. The van der Waals surface area contributed by atoms with E-state index in [1.54, 1.807) is 6.92 Å². The molecule has 1 aromatic rings. The number of nitrogen functional groups attached to an aromatic ring is 1. The van der Waals surface area contributed by atoms with Crippen LogP contribution < -0.4 is 10.6 Å². The van der Waals surface area contributed by atoms with Crippen molar-refractivity contribution in [1.82, 2.24) is 0 Å². The number of nitrogens with zero attached hydrogens (tertiary/aromatic N) is 1. The molecule has 0 amide bonds. The molecular weight excluding hydrogens is 216 g/mol. The van der Waals surface area contributed by atoms with Gasteiger partial charge >= 0.3 is 0 Å². The van der Waals surface area contributed by atoms with Crippen LogP contribution in [0.3, 0.4) is 0 Å². The molecule has 3 N–H and O–H groups in total. The Bertz CT molecular complexity index is 312. The van der Waals surface area contributed by atoms with Crippen LogP contribution in [0.5, 0.6) is 0 Å². The van der Waals surface area contributed by atoms with Gasteiger partial charge in [-0.25, -0.2) is 0 Å². The number of hydrogen-bond donors (Lipinski definition) is 2. The van der Waals surface area contributed by atoms with Crippen LogP contribution in [0.2, 0.25) is 0 Å². The van der Waals surface area contributed by atoms with E-state index in [-0.39, 0.29) is 0 Å². The summed E-state index contributed by atoms with van der Waals surface area (Å²) in [6.45, 7) is 6.56. The monoisotopic (exact) mass is 238 g/mol. The van der Waals surface area contributed by atoms with Gasteiger partial charge < -0.3 is 20.5 Å². The summed E-state index contributed by atoms with van der Waals surface area (Å²) in [7, 11) is 0. The molecule has 0 heterocycles. The van der Waals surface area contributed by atoms with Gasteiger partial charge in [0.2, 0.25) is 0 Å². The number of aliphatic hydroxyl groups excluding tert-OH is 1. The van der Waals surface area contributed by atoms with Crippen molar-refractivity contribution in [3.8, 4) is 0 Å². The van der Waals surface area contributed by atoms with Gasteiger partial charge in [-0.3, -0.25) is 0 Å². The van der Waals surface area contributed by atoms with Crippen molar-refractivity contribution in [2.75, 3.05) is 36.9 Å². The van der Waals surface area contributed by atoms with Crippen LogP contribution in [0.4, 0.5) is 11.4 Å². The molecule has 17 heavy (non-hydrogen) atoms. The zero-order valence-electron chi connectivity index (χ0n) is 10.6. The molecule has 1 aromatic carbocycles. The maximum absolute atomic E-state index is 9.07. The van der Waals surface area contributed by atoms with Crippen molar-refractivity contribution in [2.45, 2.75) is 20.0 Å². The van der Waals surface area contributed by atoms with E-state index >= 15 is 0 Å². The summed E-state index contributed by atoms with van der Waals surface area (Å²) >= 11 is 0. The number of likely N-dealkylation sites (N-methyl/N-ethyl adjacent to an activating group) is 1. The first-order valence-corrected chi connectivity index (χ1v) is 5.99. The third-order valence-electron chi connectivity index (χ3n) is 2.50. The summed E-state index contributed by atoms with van der Waals surface area (Å²) in [6, 6.07) is 7.81. The fourth-order valence-corrected chi connectivity index (χ4v) is 1.58. The molecule has 1 unspecified atom stereocenters. The Balaban J connectivity index is 2.40. The lowest BCUT2D eigenvalue weighted by atomic mass is 10.2. The van der Waals surface area contributed by atoms with E-state index in [1.807, 2.05) is 24.3 Å². The van der Waals surface area contributed by atoms with Gasteiger partial charge in [0.25, 0.3) is 0 Å². The molecule has 0 bridgehead atoms. The van der Waals surface area contributed by atoms with E-state index in [4.69, 9.17) is 15.6 Å². The average molecular weight is 238 g/mol. The molecule has 0 aromatic heterocycles. The Labute approximate surface area is 103 Å². The van der Waals surface area contributed by atoms with Crippen LogP contribution in [-0.2, 0) is 4.74 Å². The SMILES string of the molecule is CCN(CCOCC(C)O)c1ccc(N)cc1. The van der Waals surface area contributed by atoms with Gasteiger partial charge in [0.05, 0.1) is 19.3 Å². The Hall–Kier alpha value is -1.26. The zero-order valence-corrected chi connectivity index (χ0v) is 10.6. The molecule has 0 saturated heterocycles. The Morgan fingerprint density at radius 1 is 1.35 bits per heavy atom. The Morgan fingerprint density at radius 2 is 2.00 bits per heavy atom. The first kappa shape index (κ1) is 13.8. The highest BCUT2D eigenvalue weighted by molar-refractivity contribution is 5.52. The van der Waals surface area contributed by atoms with Gasteiger partial charge in [0.15, 0.2) is 0 Å². The molecule has 0 aliphatic rings. The fourth-order valence-electron chi connectivity index (χ4n) is 1.58. The first-order chi connectivity index (χ1) is 8.13. The second kappa shape index (κ2) is 7.14. The predicted octanol–water partition coefficient (Wildman–Crippen LogP) is 1.49. The number of ether oxygens (including phenoxy) is 1. The van der Waals surface area contributed by atoms with E-state index in [1.165, 1.54) is 0 Å². The Morgan fingerprint density at radius 3 is 2.53 bits per heavy atom. The summed E-state index contributed by atoms with van der Waals surface area (Å²) in [5.41, 5.74) is 7.57. The second-order valence-electron chi connectivity index (χ2n) is 4.10. The fraction of sp³-hybridized carbons (Fsp3) is 0.538. The maximum atomic E-state index is 9.07. The third-order valence-corrected chi connectivity index (χ3v) is 2.50. The van der Waals surface area contributed by atoms with E-state index in [0.717, 1.165) is 24.5 Å². The van der Waals surface area contributed by atoms with Crippen LogP contribution in [0, 0.1) is 0 Å². The Kier molecular flexibility index (Phi) is 5.80. The average Bonchev–Trinajstić information content (AvgIpc) is 2.30. The summed E-state index contributed by atoms with van der Waals surface area (Å²) in [5.74, 6) is 0. The number of benzene rings is 1. The third kappa shape index (κ3) is 5.06. The van der Waals surface area contributed by atoms with E-state index in [9.17, 15) is 0 Å². The molecule has 1 rings (SSSR count). The molecule has 0 fully saturated rings. The minimum Gasteiger partial charge on any atom is -0.399 e. The van der Waals surface area contributed by atoms with Crippen molar-refractivity contribution < 1.29 is 9.84 Å². The number of aliphatic hydroxyl groups is 1. The summed E-state index contributed by atoms with van der Waals surface area (Å²) in [4.78, 5) is 2.21. The highest BCUT2D eigenvalue weighted by atomic mass is 16.5. The molecule has 1 atom stereocenters. The molecule has 0 aliphatic carbocycles. The highest BCUT2D eigenvalue weighted by Gasteiger charge is 2.04. The van der Waals surface area contributed by atoms with Crippen LogP contribution in [0.1, 0.15) is 13.8 Å². The van der Waals surface area contributed by atoms with Crippen molar-refractivity contribution in [1.29, 1.82) is 0 Å². The van der Waals surface area contributed by atoms with Crippen molar-refractivity contribution in [3.63, 3.8) is 0 Å². The predicted molar refractivity (Wildman–Crippen MR) is 71.2 cm³/mol. The molecular formula is C13H22N2O2. The molecule has 0 spiro atoms. The second-order valence-corrected chi connectivity index (χ2v) is 4.10. The maximum Gasteiger partial charge on any atom is 0.0745 e. The van der Waals surface area contributed by atoms with Gasteiger partial charge in [0.1, 0.15) is 0 Å². The summed E-state index contributed by atoms with van der Waals surface area (Å²) in [5, 5.41) is 9.07. The van der Waals surface area contributed by atoms with Gasteiger partial charge in [-0.15, -0.1) is 0 Å². The number of hydrogen-bond acceptors (Lipinski definition) is 4. The summed E-state index contributed by atoms with van der Waals surface area (Å²) < 4.78 is 5.36. The molecule has 4 heteroatoms. The van der Waals surface area contributed by atoms with Crippen molar-refractivity contribution in [2.24, 2.45) is 0 Å². The number of rotatable bonds is 7. The van der Waals surface area contributed by atoms with Gasteiger partial charge in [-0.2, -0.15) is 0 Å². The van der Waals surface area contributed by atoms with Crippen LogP contribution in [-0.4, -0.2) is 37.5 Å². The highest BCUT2D eigenvalue weighted by Crippen LogP contribution is 2.15. The van der Waals surface area contributed by atoms with Crippen LogP contribution in [0.15, 0.2) is 24.3 Å². The topological polar surface area (TPSA) is 58.7 Å². The summed E-state index contributed by atoms with van der Waals surface area (Å²) in [6.07, 6.45) is -0.401. The van der Waals surface area contributed by atoms with E-state index < -0.39 is 6.10 Å². The van der Waals surface area contributed by atoms with Crippen molar-refractivity contribution in [3.05, 3.63) is 24.3 Å². The first-order valence-electron chi connectivity index (χ1n) is 5.99. The van der Waals surface area contributed by atoms with Crippen LogP contribution >= 0.6 is 0 Å². The lowest BCUT2D eigenvalue weighted by Crippen LogP contribution is -2.28. The molecule has 4 nitrogen and oxygen atoms in total. The molecule has 0 saturated carbocycles. The molecule has 0 aliphatic heterocycles. The standard InChI is InChI=1S/C13H22N2O2/c1-3-15(8-9-17-10-11(2)16)13-6-4-12(14)5-7-13/h4-7,11,16H,3,8-10,14H2,1-2H3. The largest absolute Gasteiger partial charge is 0.399 e. The van der Waals surface area contributed by atoms with Crippen molar-refractivity contribution >= 4 is 11.4 Å². The van der Waals surface area contributed by atoms with E-state index in [0.29, 0.717) is 13.2 Å². The normalized spacial score (nSPS) is 12.4. The number of anilines is 2. The van der Waals surface area contributed by atoms with Gasteiger partial charge in [-0.1, -0.05) is 0 Å². The zero-order chi connectivity index (χ0) is 12.7. The smallest absolute Gasteiger partial charge is 0.0745 e. The molecule has 96 valence electrons. The lowest BCUT2D eigenvalue weighted by Gasteiger charge is -2.23. The lowest BCUT2D eigenvalue weighted by molar-refractivity contribution is 0.0495. The van der Waals surface area contributed by atoms with E-state index in [2.05, 4.69) is 11.8 Å². The molecule has 0 radical (unpaired) electrons. The minimum absolute atomic E-state index is 0.388. The van der Waals surface area contributed by atoms with Gasteiger partial charge in [0, 0.05) is 24.5 Å².